The molecule has 0 aromatic carbocycles. The molecule has 36 heavy (non-hydrogen) atoms. The van der Waals surface area contributed by atoms with E-state index in [0.717, 1.165) is 50.7 Å². The van der Waals surface area contributed by atoms with Crippen molar-refractivity contribution >= 4 is 40.9 Å². The molecule has 11 nitrogen and oxygen atoms in total. The maximum atomic E-state index is 12.9. The third-order valence-corrected chi connectivity index (χ3v) is 6.82. The van der Waals surface area contributed by atoms with E-state index in [-0.39, 0.29) is 11.9 Å². The lowest BCUT2D eigenvalue weighted by Gasteiger charge is -2.35. The Kier molecular flexibility index (Phi) is 7.19. The monoisotopic (exact) mass is 510 g/mol. The van der Waals surface area contributed by atoms with Crippen molar-refractivity contribution in [3.05, 3.63) is 46.9 Å². The van der Waals surface area contributed by atoms with Crippen molar-refractivity contribution in [2.45, 2.75) is 26.3 Å². The van der Waals surface area contributed by atoms with Crippen molar-refractivity contribution in [1.82, 2.24) is 34.9 Å². The molecule has 2 fully saturated rings. The molecular formula is C24H31ClN10O. The van der Waals surface area contributed by atoms with Gasteiger partial charge >= 0.3 is 0 Å². The second-order valence-electron chi connectivity index (χ2n) is 9.17. The molecule has 2 aliphatic heterocycles. The van der Waals surface area contributed by atoms with Gasteiger partial charge in [0.25, 0.3) is 5.91 Å². The highest BCUT2D eigenvalue weighted by Crippen LogP contribution is 2.24. The third kappa shape index (κ3) is 5.68. The molecule has 2 saturated heterocycles. The first-order valence-electron chi connectivity index (χ1n) is 12.3. The van der Waals surface area contributed by atoms with E-state index >= 15 is 0 Å². The van der Waals surface area contributed by atoms with Gasteiger partial charge in [0.1, 0.15) is 16.8 Å². The molecule has 190 valence electrons. The van der Waals surface area contributed by atoms with Gasteiger partial charge in [-0.25, -0.2) is 4.98 Å². The number of halogens is 1. The Balaban J connectivity index is 1.31. The standard InChI is InChI=1S/C24H31ClN10O/c1-3-33-8-10-34(11-9-33)22-13-20(28-21-12-16(2)31-32-21)29-24(30-22)27-18-6-7-35(15-18)23(36)17-4-5-19(25)26-14-17/h4-5,12-14,18H,3,6-11,15H2,1-2H3,(H3,27,28,29,30,31,32)/t18-/m0/s1. The number of aromatic nitrogens is 5. The Morgan fingerprint density at radius 3 is 2.67 bits per heavy atom. The zero-order valence-electron chi connectivity index (χ0n) is 20.5. The van der Waals surface area contributed by atoms with Crippen molar-refractivity contribution in [2.75, 3.05) is 61.3 Å². The van der Waals surface area contributed by atoms with Crippen LogP contribution < -0.4 is 15.5 Å². The lowest BCUT2D eigenvalue weighted by atomic mass is 10.2. The van der Waals surface area contributed by atoms with Crippen LogP contribution in [0.25, 0.3) is 0 Å². The van der Waals surface area contributed by atoms with Crippen LogP contribution in [0.1, 0.15) is 29.4 Å². The van der Waals surface area contributed by atoms with Crippen molar-refractivity contribution < 1.29 is 4.79 Å². The number of pyridine rings is 1. The van der Waals surface area contributed by atoms with E-state index in [9.17, 15) is 4.79 Å². The zero-order chi connectivity index (χ0) is 25.1. The number of rotatable bonds is 7. The number of hydrogen-bond acceptors (Lipinski definition) is 9. The van der Waals surface area contributed by atoms with E-state index in [2.05, 4.69) is 42.5 Å². The van der Waals surface area contributed by atoms with Crippen LogP contribution in [0, 0.1) is 6.92 Å². The Labute approximate surface area is 215 Å². The van der Waals surface area contributed by atoms with Crippen LogP contribution in [0.15, 0.2) is 30.5 Å². The van der Waals surface area contributed by atoms with Gasteiger partial charge in [0, 0.05) is 69.3 Å². The first kappa shape index (κ1) is 24.3. The van der Waals surface area contributed by atoms with Crippen molar-refractivity contribution in [3.63, 3.8) is 0 Å². The van der Waals surface area contributed by atoms with Crippen LogP contribution in [0.4, 0.5) is 23.4 Å². The minimum absolute atomic E-state index is 0.0434. The SMILES string of the molecule is CCN1CCN(c2cc(Nc3cc(C)[nH]n3)nc(N[C@H]3CCN(C(=O)c4ccc(Cl)nc4)C3)n2)CC1. The number of likely N-dealkylation sites (N-methyl/N-ethyl adjacent to an activating group) is 1. The quantitative estimate of drug-likeness (QED) is 0.412. The van der Waals surface area contributed by atoms with Crippen LogP contribution in [0.5, 0.6) is 0 Å². The van der Waals surface area contributed by atoms with Gasteiger partial charge in [-0.3, -0.25) is 9.89 Å². The number of nitrogens with zero attached hydrogens (tertiary/aromatic N) is 7. The van der Waals surface area contributed by atoms with E-state index in [1.54, 1.807) is 12.1 Å². The molecule has 0 aliphatic carbocycles. The summed E-state index contributed by atoms with van der Waals surface area (Å²) in [4.78, 5) is 33.0. The summed E-state index contributed by atoms with van der Waals surface area (Å²) >= 11 is 5.86. The summed E-state index contributed by atoms with van der Waals surface area (Å²) in [6.45, 7) is 10.2. The molecule has 3 aromatic heterocycles. The topological polar surface area (TPSA) is 118 Å². The highest BCUT2D eigenvalue weighted by molar-refractivity contribution is 6.29. The van der Waals surface area contributed by atoms with Gasteiger partial charge in [0.15, 0.2) is 5.82 Å². The van der Waals surface area contributed by atoms with Crippen molar-refractivity contribution in [3.8, 4) is 0 Å². The Morgan fingerprint density at radius 2 is 1.97 bits per heavy atom. The first-order chi connectivity index (χ1) is 17.5. The molecule has 3 aromatic rings. The van der Waals surface area contributed by atoms with E-state index in [1.165, 1.54) is 6.20 Å². The first-order valence-corrected chi connectivity index (χ1v) is 12.7. The summed E-state index contributed by atoms with van der Waals surface area (Å²) in [5.41, 5.74) is 1.50. The van der Waals surface area contributed by atoms with Crippen LogP contribution in [-0.2, 0) is 0 Å². The number of anilines is 4. The van der Waals surface area contributed by atoms with E-state index in [4.69, 9.17) is 21.6 Å². The molecule has 3 N–H and O–H groups in total. The van der Waals surface area contributed by atoms with Gasteiger partial charge in [-0.05, 0) is 32.0 Å². The summed E-state index contributed by atoms with van der Waals surface area (Å²) < 4.78 is 0. The van der Waals surface area contributed by atoms with E-state index < -0.39 is 0 Å². The molecule has 1 atom stereocenters. The lowest BCUT2D eigenvalue weighted by Crippen LogP contribution is -2.46. The largest absolute Gasteiger partial charge is 0.354 e. The molecule has 0 bridgehead atoms. The number of H-pyrrole nitrogens is 1. The number of carbonyl (C=O) groups excluding carboxylic acids is 1. The summed E-state index contributed by atoms with van der Waals surface area (Å²) in [6.07, 6.45) is 2.32. The molecule has 5 heterocycles. The summed E-state index contributed by atoms with van der Waals surface area (Å²) in [6, 6.07) is 7.28. The number of carbonyl (C=O) groups is 1. The lowest BCUT2D eigenvalue weighted by molar-refractivity contribution is 0.0791. The highest BCUT2D eigenvalue weighted by Gasteiger charge is 2.28. The minimum Gasteiger partial charge on any atom is -0.354 e. The van der Waals surface area contributed by atoms with Crippen LogP contribution in [0.3, 0.4) is 0 Å². The number of piperazine rings is 1. The molecule has 5 rings (SSSR count). The van der Waals surface area contributed by atoms with Gasteiger partial charge in [-0.2, -0.15) is 15.1 Å². The van der Waals surface area contributed by atoms with E-state index in [1.807, 2.05) is 24.0 Å². The Hall–Kier alpha value is -3.44. The van der Waals surface area contributed by atoms with E-state index in [0.29, 0.717) is 41.4 Å². The van der Waals surface area contributed by atoms with Gasteiger partial charge in [-0.1, -0.05) is 18.5 Å². The maximum Gasteiger partial charge on any atom is 0.255 e. The van der Waals surface area contributed by atoms with Gasteiger partial charge in [-0.15, -0.1) is 0 Å². The third-order valence-electron chi connectivity index (χ3n) is 6.60. The molecule has 0 unspecified atom stereocenters. The number of likely N-dealkylation sites (tertiary alicyclic amines) is 1. The summed E-state index contributed by atoms with van der Waals surface area (Å²) in [7, 11) is 0. The Morgan fingerprint density at radius 1 is 1.14 bits per heavy atom. The van der Waals surface area contributed by atoms with Crippen molar-refractivity contribution in [2.24, 2.45) is 0 Å². The van der Waals surface area contributed by atoms with Crippen LogP contribution in [-0.4, -0.2) is 92.7 Å². The number of amides is 1. The minimum atomic E-state index is -0.0526. The molecule has 1 amide bonds. The van der Waals surface area contributed by atoms with Gasteiger partial charge < -0.3 is 25.3 Å². The molecule has 2 aliphatic rings. The fraction of sp³-hybridized carbons (Fsp3) is 0.458. The highest BCUT2D eigenvalue weighted by atomic mass is 35.5. The Bertz CT molecular complexity index is 1190. The second kappa shape index (κ2) is 10.7. The number of aromatic amines is 1. The predicted octanol–water partition coefficient (Wildman–Crippen LogP) is 2.77. The number of aryl methyl sites for hydroxylation is 1. The molecule has 0 radical (unpaired) electrons. The van der Waals surface area contributed by atoms with Gasteiger partial charge in [0.05, 0.1) is 5.56 Å². The van der Waals surface area contributed by atoms with Crippen LogP contribution >= 0.6 is 11.6 Å². The zero-order valence-corrected chi connectivity index (χ0v) is 21.3. The number of nitrogens with one attached hydrogen (secondary N) is 3. The summed E-state index contributed by atoms with van der Waals surface area (Å²) in [5.74, 6) is 2.73. The number of hydrogen-bond donors (Lipinski definition) is 3. The molecule has 0 spiro atoms. The predicted molar refractivity (Wildman–Crippen MR) is 140 cm³/mol. The second-order valence-corrected chi connectivity index (χ2v) is 9.56. The molecular weight excluding hydrogens is 480 g/mol. The van der Waals surface area contributed by atoms with Crippen LogP contribution in [0.2, 0.25) is 5.15 Å². The molecule has 12 heteroatoms. The normalized spacial score (nSPS) is 18.5. The van der Waals surface area contributed by atoms with Gasteiger partial charge in [0.2, 0.25) is 5.95 Å². The molecule has 0 saturated carbocycles. The smallest absolute Gasteiger partial charge is 0.255 e. The summed E-state index contributed by atoms with van der Waals surface area (Å²) in [5, 5.41) is 14.3. The maximum absolute atomic E-state index is 12.9. The average Bonchev–Trinajstić information content (AvgIpc) is 3.52. The average molecular weight is 511 g/mol. The van der Waals surface area contributed by atoms with Crippen molar-refractivity contribution in [1.29, 1.82) is 0 Å². The fourth-order valence-electron chi connectivity index (χ4n) is 4.56. The fourth-order valence-corrected chi connectivity index (χ4v) is 4.67.